The second kappa shape index (κ2) is 7.40. The molecule has 0 unspecified atom stereocenters. The van der Waals surface area contributed by atoms with Crippen LogP contribution >= 0.6 is 0 Å². The molecule has 0 N–H and O–H groups in total. The van der Waals surface area contributed by atoms with Crippen LogP contribution < -0.4 is 4.90 Å². The molecule has 0 aliphatic carbocycles. The van der Waals surface area contributed by atoms with Crippen LogP contribution in [0, 0.1) is 11.6 Å². The van der Waals surface area contributed by atoms with Crippen LogP contribution in [0.4, 0.5) is 14.6 Å². The number of aromatic nitrogens is 2. The van der Waals surface area contributed by atoms with Gasteiger partial charge in [-0.2, -0.15) is 4.31 Å². The number of halogens is 2. The van der Waals surface area contributed by atoms with Gasteiger partial charge < -0.3 is 4.90 Å². The van der Waals surface area contributed by atoms with E-state index in [1.807, 2.05) is 4.90 Å². The molecule has 1 aliphatic rings. The zero-order chi connectivity index (χ0) is 19.7. The van der Waals surface area contributed by atoms with E-state index in [1.165, 1.54) is 28.8 Å². The smallest absolute Gasteiger partial charge is 0.243 e. The molecule has 28 heavy (non-hydrogen) atoms. The maximum atomic E-state index is 14.0. The molecule has 2 heterocycles. The minimum absolute atomic E-state index is 0.0666. The minimum atomic E-state index is -3.71. The van der Waals surface area contributed by atoms with E-state index in [0.717, 1.165) is 12.1 Å². The predicted molar refractivity (Wildman–Crippen MR) is 101 cm³/mol. The summed E-state index contributed by atoms with van der Waals surface area (Å²) in [5, 5.41) is 0.595. The van der Waals surface area contributed by atoms with Gasteiger partial charge in [-0.1, -0.05) is 6.07 Å². The van der Waals surface area contributed by atoms with E-state index in [0.29, 0.717) is 37.3 Å². The van der Waals surface area contributed by atoms with E-state index in [1.54, 1.807) is 12.1 Å². The van der Waals surface area contributed by atoms with Crippen molar-refractivity contribution in [3.8, 4) is 0 Å². The third kappa shape index (κ3) is 3.43. The molecule has 9 heteroatoms. The Morgan fingerprint density at radius 2 is 1.68 bits per heavy atom. The summed E-state index contributed by atoms with van der Waals surface area (Å²) in [5.41, 5.74) is 0.243. The van der Waals surface area contributed by atoms with Crippen molar-refractivity contribution in [2.75, 3.05) is 31.1 Å². The topological polar surface area (TPSA) is 66.4 Å². The third-order valence-corrected chi connectivity index (χ3v) is 6.71. The Balaban J connectivity index is 1.60. The van der Waals surface area contributed by atoms with Gasteiger partial charge in [-0.15, -0.1) is 0 Å². The highest BCUT2D eigenvalue weighted by Crippen LogP contribution is 2.26. The molecule has 1 saturated heterocycles. The quantitative estimate of drug-likeness (QED) is 0.672. The molecule has 3 aromatic rings. The molecule has 0 saturated carbocycles. The summed E-state index contributed by atoms with van der Waals surface area (Å²) in [4.78, 5) is 10.3. The molecule has 1 aromatic heterocycles. The van der Waals surface area contributed by atoms with E-state index in [-0.39, 0.29) is 17.0 Å². The van der Waals surface area contributed by atoms with E-state index in [9.17, 15) is 17.2 Å². The van der Waals surface area contributed by atoms with Gasteiger partial charge in [-0.3, -0.25) is 0 Å². The van der Waals surface area contributed by atoms with Gasteiger partial charge in [0.05, 0.1) is 4.90 Å². The first kappa shape index (κ1) is 18.7. The zero-order valence-corrected chi connectivity index (χ0v) is 15.7. The standard InChI is InChI=1S/C19H18F2N4O2S/c20-14-5-7-15(8-6-14)28(26,27)25-10-2-9-24(11-12-25)19-16-3-1-4-17(21)18(16)22-13-23-19/h1,3-8,13H,2,9-12H2. The molecule has 0 atom stereocenters. The number of benzene rings is 2. The summed E-state index contributed by atoms with van der Waals surface area (Å²) >= 11 is 0. The Morgan fingerprint density at radius 1 is 0.893 bits per heavy atom. The van der Waals surface area contributed by atoms with Crippen LogP contribution in [0.25, 0.3) is 10.9 Å². The summed E-state index contributed by atoms with van der Waals surface area (Å²) in [6.45, 7) is 1.58. The number of hydrogen-bond acceptors (Lipinski definition) is 5. The summed E-state index contributed by atoms with van der Waals surface area (Å²) in [5.74, 6) is -0.314. The lowest BCUT2D eigenvalue weighted by atomic mass is 10.2. The molecule has 0 amide bonds. The SMILES string of the molecule is O=S(=O)(c1ccc(F)cc1)N1CCCN(c2ncnc3c(F)cccc23)CC1. The Kier molecular flexibility index (Phi) is 4.94. The summed E-state index contributed by atoms with van der Waals surface area (Å²) < 4.78 is 54.3. The van der Waals surface area contributed by atoms with Crippen LogP contribution in [0.5, 0.6) is 0 Å². The average molecular weight is 404 g/mol. The maximum absolute atomic E-state index is 14.0. The molecule has 146 valence electrons. The molecule has 1 aliphatic heterocycles. The number of sulfonamides is 1. The van der Waals surface area contributed by atoms with E-state index < -0.39 is 21.7 Å². The van der Waals surface area contributed by atoms with Crippen molar-refractivity contribution in [1.82, 2.24) is 14.3 Å². The molecular formula is C19H18F2N4O2S. The number of nitrogens with zero attached hydrogens (tertiary/aromatic N) is 4. The molecule has 4 rings (SSSR count). The van der Waals surface area contributed by atoms with E-state index in [2.05, 4.69) is 9.97 Å². The highest BCUT2D eigenvalue weighted by molar-refractivity contribution is 7.89. The highest BCUT2D eigenvalue weighted by Gasteiger charge is 2.27. The lowest BCUT2D eigenvalue weighted by Crippen LogP contribution is -2.35. The second-order valence-electron chi connectivity index (χ2n) is 6.53. The van der Waals surface area contributed by atoms with Crippen molar-refractivity contribution in [3.63, 3.8) is 0 Å². The van der Waals surface area contributed by atoms with Gasteiger partial charge in [0, 0.05) is 31.6 Å². The number of hydrogen-bond donors (Lipinski definition) is 0. The molecule has 0 bridgehead atoms. The van der Waals surface area contributed by atoms with Crippen molar-refractivity contribution in [2.24, 2.45) is 0 Å². The van der Waals surface area contributed by atoms with Crippen molar-refractivity contribution in [2.45, 2.75) is 11.3 Å². The van der Waals surface area contributed by atoms with Crippen LogP contribution in [0.15, 0.2) is 53.7 Å². The summed E-state index contributed by atoms with van der Waals surface area (Å²) in [6, 6.07) is 9.52. The molecule has 6 nitrogen and oxygen atoms in total. The monoisotopic (exact) mass is 404 g/mol. The summed E-state index contributed by atoms with van der Waals surface area (Å²) in [6.07, 6.45) is 1.90. The second-order valence-corrected chi connectivity index (χ2v) is 8.47. The van der Waals surface area contributed by atoms with Gasteiger partial charge in [0.2, 0.25) is 10.0 Å². The van der Waals surface area contributed by atoms with Crippen molar-refractivity contribution >= 4 is 26.7 Å². The van der Waals surface area contributed by atoms with Crippen molar-refractivity contribution < 1.29 is 17.2 Å². The maximum Gasteiger partial charge on any atom is 0.243 e. The molecular weight excluding hydrogens is 386 g/mol. The molecule has 0 spiro atoms. The highest BCUT2D eigenvalue weighted by atomic mass is 32.2. The van der Waals surface area contributed by atoms with Gasteiger partial charge >= 0.3 is 0 Å². The molecule has 1 fully saturated rings. The van der Waals surface area contributed by atoms with Crippen molar-refractivity contribution in [3.05, 3.63) is 60.4 Å². The zero-order valence-electron chi connectivity index (χ0n) is 14.9. The third-order valence-electron chi connectivity index (χ3n) is 4.80. The first-order valence-electron chi connectivity index (χ1n) is 8.87. The van der Waals surface area contributed by atoms with Crippen LogP contribution in [0.2, 0.25) is 0 Å². The van der Waals surface area contributed by atoms with Crippen LogP contribution in [0.3, 0.4) is 0 Å². The minimum Gasteiger partial charge on any atom is -0.355 e. The Labute approximate surface area is 161 Å². The predicted octanol–water partition coefficient (Wildman–Crippen LogP) is 2.81. The van der Waals surface area contributed by atoms with E-state index in [4.69, 9.17) is 0 Å². The normalized spacial score (nSPS) is 16.3. The van der Waals surface area contributed by atoms with Crippen LogP contribution in [0.1, 0.15) is 6.42 Å². The number of para-hydroxylation sites is 1. The summed E-state index contributed by atoms with van der Waals surface area (Å²) in [7, 11) is -3.71. The number of rotatable bonds is 3. The lowest BCUT2D eigenvalue weighted by Gasteiger charge is -2.23. The van der Waals surface area contributed by atoms with Crippen molar-refractivity contribution in [1.29, 1.82) is 0 Å². The Hall–Kier alpha value is -2.65. The number of fused-ring (bicyclic) bond motifs is 1. The fourth-order valence-electron chi connectivity index (χ4n) is 3.39. The van der Waals surface area contributed by atoms with Crippen LogP contribution in [-0.2, 0) is 10.0 Å². The van der Waals surface area contributed by atoms with Gasteiger partial charge in [0.1, 0.15) is 29.3 Å². The largest absolute Gasteiger partial charge is 0.355 e. The van der Waals surface area contributed by atoms with Gasteiger partial charge in [0.15, 0.2) is 0 Å². The molecule has 2 aromatic carbocycles. The molecule has 0 radical (unpaired) electrons. The fraction of sp³-hybridized carbons (Fsp3) is 0.263. The van der Waals surface area contributed by atoms with Crippen LogP contribution in [-0.4, -0.2) is 48.9 Å². The lowest BCUT2D eigenvalue weighted by molar-refractivity contribution is 0.433. The Bertz CT molecular complexity index is 1110. The van der Waals surface area contributed by atoms with Gasteiger partial charge in [-0.25, -0.2) is 27.2 Å². The fourth-order valence-corrected chi connectivity index (χ4v) is 4.86. The van der Waals surface area contributed by atoms with Gasteiger partial charge in [-0.05, 0) is 42.8 Å². The average Bonchev–Trinajstić information content (AvgIpc) is 2.95. The number of anilines is 1. The first-order chi connectivity index (χ1) is 13.5. The van der Waals surface area contributed by atoms with E-state index >= 15 is 0 Å². The Morgan fingerprint density at radius 3 is 2.46 bits per heavy atom. The first-order valence-corrected chi connectivity index (χ1v) is 10.3. The van der Waals surface area contributed by atoms with Gasteiger partial charge in [0.25, 0.3) is 0 Å².